The molecule has 0 spiro atoms. The Morgan fingerprint density at radius 1 is 1.78 bits per heavy atom. The topological polar surface area (TPSA) is 43.2 Å². The molecule has 9 heavy (non-hydrogen) atoms. The van der Waals surface area contributed by atoms with E-state index in [0.29, 0.717) is 0 Å². The molecule has 1 aliphatic rings. The standard InChI is InChI=1S/C6H11N2O/c1-7-5-3-2-4-8-6(5)9/h5H,2-4H2,1H3,(H,8,9)/q-1. The third kappa shape index (κ3) is 1.42. The molecule has 0 aliphatic carbocycles. The van der Waals surface area contributed by atoms with Gasteiger partial charge in [0.25, 0.3) is 0 Å². The van der Waals surface area contributed by atoms with E-state index in [1.807, 2.05) is 0 Å². The first kappa shape index (κ1) is 6.55. The zero-order valence-corrected chi connectivity index (χ0v) is 5.55. The van der Waals surface area contributed by atoms with E-state index < -0.39 is 0 Å². The Labute approximate surface area is 54.8 Å². The number of likely N-dealkylation sites (N-methyl/N-ethyl adjacent to an activating group) is 1. The van der Waals surface area contributed by atoms with Crippen LogP contribution in [0.3, 0.4) is 0 Å². The van der Waals surface area contributed by atoms with Gasteiger partial charge in [-0.3, -0.25) is 4.79 Å². The van der Waals surface area contributed by atoms with Crippen LogP contribution in [0.5, 0.6) is 0 Å². The summed E-state index contributed by atoms with van der Waals surface area (Å²) in [6.45, 7) is 0.824. The number of hydrogen-bond donors (Lipinski definition) is 1. The van der Waals surface area contributed by atoms with Gasteiger partial charge in [-0.1, -0.05) is 12.5 Å². The van der Waals surface area contributed by atoms with E-state index in [1.165, 1.54) is 0 Å². The van der Waals surface area contributed by atoms with Crippen LogP contribution in [0.25, 0.3) is 5.32 Å². The molecule has 3 heteroatoms. The van der Waals surface area contributed by atoms with E-state index in [9.17, 15) is 4.79 Å². The van der Waals surface area contributed by atoms with Crippen molar-refractivity contribution in [3.05, 3.63) is 5.32 Å². The van der Waals surface area contributed by atoms with Gasteiger partial charge < -0.3 is 10.6 Å². The maximum Gasteiger partial charge on any atom is 0.202 e. The number of hydrogen-bond acceptors (Lipinski definition) is 1. The van der Waals surface area contributed by atoms with Gasteiger partial charge in [0.2, 0.25) is 5.91 Å². The number of nitrogens with one attached hydrogen (secondary N) is 1. The van der Waals surface area contributed by atoms with Crippen molar-refractivity contribution in [3.8, 4) is 0 Å². The molecule has 1 rings (SSSR count). The lowest BCUT2D eigenvalue weighted by molar-refractivity contribution is -0.122. The fraction of sp³-hybridized carbons (Fsp3) is 0.833. The highest BCUT2D eigenvalue weighted by Crippen LogP contribution is 2.08. The van der Waals surface area contributed by atoms with Crippen molar-refractivity contribution >= 4 is 5.91 Å². The van der Waals surface area contributed by atoms with Crippen molar-refractivity contribution in [2.75, 3.05) is 13.6 Å². The highest BCUT2D eigenvalue weighted by Gasteiger charge is 2.11. The van der Waals surface area contributed by atoms with Crippen molar-refractivity contribution < 1.29 is 4.79 Å². The van der Waals surface area contributed by atoms with E-state index in [2.05, 4.69) is 10.6 Å². The number of amides is 1. The summed E-state index contributed by atoms with van der Waals surface area (Å²) in [6, 6.07) is -0.0706. The molecule has 3 nitrogen and oxygen atoms in total. The molecule has 1 aliphatic heterocycles. The summed E-state index contributed by atoms with van der Waals surface area (Å²) in [4.78, 5) is 10.8. The number of piperidine rings is 1. The normalized spacial score (nSPS) is 27.7. The molecular weight excluding hydrogens is 116 g/mol. The second kappa shape index (κ2) is 2.82. The summed E-state index contributed by atoms with van der Waals surface area (Å²) in [5.41, 5.74) is 0. The Balaban J connectivity index is 2.39. The number of carbonyl (C=O) groups is 1. The van der Waals surface area contributed by atoms with Gasteiger partial charge in [0, 0.05) is 6.54 Å². The number of rotatable bonds is 1. The first-order valence-corrected chi connectivity index (χ1v) is 3.21. The van der Waals surface area contributed by atoms with Crippen molar-refractivity contribution in [3.63, 3.8) is 0 Å². The molecule has 0 aromatic heterocycles. The van der Waals surface area contributed by atoms with Gasteiger partial charge in [0.1, 0.15) is 0 Å². The van der Waals surface area contributed by atoms with Gasteiger partial charge in [-0.15, -0.1) is 0 Å². The second-order valence-electron chi connectivity index (χ2n) is 2.21. The van der Waals surface area contributed by atoms with E-state index in [4.69, 9.17) is 0 Å². The third-order valence-electron chi connectivity index (χ3n) is 1.57. The van der Waals surface area contributed by atoms with Gasteiger partial charge in [-0.05, 0) is 6.42 Å². The van der Waals surface area contributed by atoms with Crippen LogP contribution in [0.1, 0.15) is 12.8 Å². The van der Waals surface area contributed by atoms with E-state index in [1.54, 1.807) is 7.05 Å². The highest BCUT2D eigenvalue weighted by molar-refractivity contribution is 5.84. The van der Waals surface area contributed by atoms with E-state index in [0.717, 1.165) is 19.4 Å². The van der Waals surface area contributed by atoms with Crippen molar-refractivity contribution in [1.82, 2.24) is 5.32 Å². The molecule has 1 fully saturated rings. The molecule has 1 unspecified atom stereocenters. The summed E-state index contributed by atoms with van der Waals surface area (Å²) < 4.78 is 0. The maximum atomic E-state index is 10.8. The molecule has 52 valence electrons. The molecule has 0 radical (unpaired) electrons. The minimum Gasteiger partial charge on any atom is -0.654 e. The summed E-state index contributed by atoms with van der Waals surface area (Å²) in [5, 5.41) is 6.67. The van der Waals surface area contributed by atoms with Gasteiger partial charge in [0.15, 0.2) is 0 Å². The molecule has 1 heterocycles. The van der Waals surface area contributed by atoms with Crippen molar-refractivity contribution in [1.29, 1.82) is 0 Å². The quantitative estimate of drug-likeness (QED) is 0.539. The molecule has 0 saturated carbocycles. The lowest BCUT2D eigenvalue weighted by atomic mass is 10.1. The minimum atomic E-state index is -0.0706. The van der Waals surface area contributed by atoms with Crippen LogP contribution in [-0.2, 0) is 4.79 Å². The SMILES string of the molecule is C[N-]C1CCCNC1=O. The van der Waals surface area contributed by atoms with Gasteiger partial charge >= 0.3 is 0 Å². The first-order valence-electron chi connectivity index (χ1n) is 3.21. The van der Waals surface area contributed by atoms with Crippen LogP contribution in [0.15, 0.2) is 0 Å². The lowest BCUT2D eigenvalue weighted by Gasteiger charge is -2.30. The molecule has 0 aromatic carbocycles. The second-order valence-corrected chi connectivity index (χ2v) is 2.21. The molecule has 1 atom stereocenters. The largest absolute Gasteiger partial charge is 0.654 e. The van der Waals surface area contributed by atoms with E-state index >= 15 is 0 Å². The maximum absolute atomic E-state index is 10.8. The van der Waals surface area contributed by atoms with Crippen molar-refractivity contribution in [2.24, 2.45) is 0 Å². The number of carbonyl (C=O) groups excluding carboxylic acids is 1. The van der Waals surface area contributed by atoms with Gasteiger partial charge in [-0.2, -0.15) is 7.05 Å². The Morgan fingerprint density at radius 2 is 2.56 bits per heavy atom. The van der Waals surface area contributed by atoms with Crippen LogP contribution < -0.4 is 5.32 Å². The minimum absolute atomic E-state index is 0.0706. The Hall–Kier alpha value is -0.570. The zero-order chi connectivity index (χ0) is 6.69. The average Bonchev–Trinajstić information content (AvgIpc) is 1.89. The Morgan fingerprint density at radius 3 is 3.00 bits per heavy atom. The smallest absolute Gasteiger partial charge is 0.202 e. The number of nitrogens with zero attached hydrogens (tertiary/aromatic N) is 1. The van der Waals surface area contributed by atoms with Crippen LogP contribution in [0.2, 0.25) is 0 Å². The van der Waals surface area contributed by atoms with Crippen LogP contribution in [-0.4, -0.2) is 25.5 Å². The molecular formula is C6H11N2O-. The van der Waals surface area contributed by atoms with Crippen LogP contribution >= 0.6 is 0 Å². The predicted octanol–water partition coefficient (Wildman–Crippen LogP) is 0.269. The monoisotopic (exact) mass is 127 g/mol. The van der Waals surface area contributed by atoms with E-state index in [-0.39, 0.29) is 11.9 Å². The molecule has 1 saturated heterocycles. The molecule has 1 amide bonds. The van der Waals surface area contributed by atoms with Crippen molar-refractivity contribution in [2.45, 2.75) is 18.9 Å². The fourth-order valence-corrected chi connectivity index (χ4v) is 1.00. The van der Waals surface area contributed by atoms with Gasteiger partial charge in [0.05, 0.1) is 0 Å². The lowest BCUT2D eigenvalue weighted by Crippen LogP contribution is -2.39. The highest BCUT2D eigenvalue weighted by atomic mass is 16.2. The summed E-state index contributed by atoms with van der Waals surface area (Å²) in [7, 11) is 1.69. The summed E-state index contributed by atoms with van der Waals surface area (Å²) in [5.74, 6) is 0.0868. The van der Waals surface area contributed by atoms with Crippen LogP contribution in [0, 0.1) is 0 Å². The molecule has 1 N–H and O–H groups in total. The zero-order valence-electron chi connectivity index (χ0n) is 5.55. The third-order valence-corrected chi connectivity index (χ3v) is 1.57. The van der Waals surface area contributed by atoms with Gasteiger partial charge in [-0.25, -0.2) is 0 Å². The molecule has 0 bridgehead atoms. The fourth-order valence-electron chi connectivity index (χ4n) is 1.00. The first-order chi connectivity index (χ1) is 4.34. The Bertz CT molecular complexity index is 114. The predicted molar refractivity (Wildman–Crippen MR) is 35.3 cm³/mol. The summed E-state index contributed by atoms with van der Waals surface area (Å²) in [6.07, 6.45) is 1.98. The van der Waals surface area contributed by atoms with Crippen LogP contribution in [0.4, 0.5) is 0 Å². The molecule has 0 aromatic rings. The summed E-state index contributed by atoms with van der Waals surface area (Å²) >= 11 is 0. The average molecular weight is 127 g/mol. The Kier molecular flexibility index (Phi) is 2.05.